The van der Waals surface area contributed by atoms with Crippen LogP contribution in [-0.2, 0) is 20.0 Å². The van der Waals surface area contributed by atoms with Gasteiger partial charge >= 0.3 is 0 Å². The number of pyridine rings is 1. The molecule has 2 N–H and O–H groups in total. The van der Waals surface area contributed by atoms with Crippen molar-refractivity contribution in [2.45, 2.75) is 32.9 Å². The predicted octanol–water partition coefficient (Wildman–Crippen LogP) is 4.89. The van der Waals surface area contributed by atoms with E-state index in [9.17, 15) is 4.39 Å². The molecule has 4 heterocycles. The molecule has 2 bridgehead atoms. The maximum absolute atomic E-state index is 14.3. The molecule has 1 atom stereocenters. The zero-order valence-electron chi connectivity index (χ0n) is 17.9. The van der Waals surface area contributed by atoms with Crippen LogP contribution in [0.15, 0.2) is 41.3 Å². The van der Waals surface area contributed by atoms with Gasteiger partial charge in [-0.1, -0.05) is 0 Å². The van der Waals surface area contributed by atoms with Gasteiger partial charge in [-0.05, 0) is 54.0 Å². The van der Waals surface area contributed by atoms with Crippen LogP contribution >= 0.6 is 15.9 Å². The Balaban J connectivity index is 1.84. The highest BCUT2D eigenvalue weighted by Crippen LogP contribution is 2.40. The first-order valence-electron chi connectivity index (χ1n) is 10.4. The first kappa shape index (κ1) is 20.7. The van der Waals surface area contributed by atoms with Crippen LogP contribution in [0.4, 0.5) is 10.2 Å². The molecule has 0 amide bonds. The van der Waals surface area contributed by atoms with Gasteiger partial charge in [-0.15, -0.1) is 0 Å². The minimum absolute atomic E-state index is 0.275. The molecule has 1 aromatic carbocycles. The third kappa shape index (κ3) is 3.37. The molecular formula is C23H22BrFN6O. The van der Waals surface area contributed by atoms with Crippen molar-refractivity contribution >= 4 is 21.7 Å². The summed E-state index contributed by atoms with van der Waals surface area (Å²) in [5.41, 5.74) is 12.3. The highest BCUT2D eigenvalue weighted by molar-refractivity contribution is 9.10. The third-order valence-corrected chi connectivity index (χ3v) is 6.38. The fourth-order valence-corrected chi connectivity index (χ4v) is 4.80. The summed E-state index contributed by atoms with van der Waals surface area (Å²) in [5.74, 6) is 0.383. The monoisotopic (exact) mass is 496 g/mol. The third-order valence-electron chi connectivity index (χ3n) is 5.74. The van der Waals surface area contributed by atoms with Gasteiger partial charge in [0.25, 0.3) is 0 Å². The maximum atomic E-state index is 14.3. The lowest BCUT2D eigenvalue weighted by Crippen LogP contribution is -2.10. The first-order valence-corrected chi connectivity index (χ1v) is 11.1. The lowest BCUT2D eigenvalue weighted by Gasteiger charge is -2.21. The molecule has 5 rings (SSSR count). The van der Waals surface area contributed by atoms with Crippen molar-refractivity contribution in [3.8, 4) is 28.3 Å². The number of nitrogen functional groups attached to an aromatic ring is 1. The topological polar surface area (TPSA) is 83.8 Å². The number of aryl methyl sites for hydroxylation is 2. The van der Waals surface area contributed by atoms with Crippen LogP contribution in [0.25, 0.3) is 22.5 Å². The van der Waals surface area contributed by atoms with E-state index in [1.165, 1.54) is 12.1 Å². The molecule has 0 saturated heterocycles. The van der Waals surface area contributed by atoms with Gasteiger partial charge in [0.1, 0.15) is 16.5 Å². The number of fused-ring (bicyclic) bond motifs is 7. The molecule has 164 valence electrons. The molecule has 9 heteroatoms. The van der Waals surface area contributed by atoms with Gasteiger partial charge in [0.05, 0.1) is 11.4 Å². The average Bonchev–Trinajstić information content (AvgIpc) is 3.28. The number of benzene rings is 1. The van der Waals surface area contributed by atoms with Gasteiger partial charge in [-0.25, -0.2) is 9.37 Å². The van der Waals surface area contributed by atoms with Crippen LogP contribution in [0.5, 0.6) is 5.75 Å². The van der Waals surface area contributed by atoms with E-state index in [1.54, 1.807) is 16.9 Å². The van der Waals surface area contributed by atoms with Crippen molar-refractivity contribution in [2.24, 2.45) is 7.05 Å². The molecule has 1 aliphatic rings. The molecule has 0 saturated carbocycles. The Morgan fingerprint density at radius 3 is 2.88 bits per heavy atom. The van der Waals surface area contributed by atoms with Gasteiger partial charge in [0.15, 0.2) is 11.6 Å². The molecule has 7 nitrogen and oxygen atoms in total. The van der Waals surface area contributed by atoms with Crippen molar-refractivity contribution in [2.75, 3.05) is 5.73 Å². The quantitative estimate of drug-likeness (QED) is 0.405. The van der Waals surface area contributed by atoms with Crippen LogP contribution in [0.3, 0.4) is 0 Å². The van der Waals surface area contributed by atoms with E-state index in [0.717, 1.165) is 38.2 Å². The number of anilines is 1. The summed E-state index contributed by atoms with van der Waals surface area (Å²) in [6.45, 7) is 4.60. The summed E-state index contributed by atoms with van der Waals surface area (Å²) in [6, 6.07) is 6.57. The fourth-order valence-electron chi connectivity index (χ4n) is 4.28. The minimum Gasteiger partial charge on any atom is -0.482 e. The number of aromatic nitrogens is 5. The van der Waals surface area contributed by atoms with Crippen molar-refractivity contribution in [1.29, 1.82) is 0 Å². The lowest BCUT2D eigenvalue weighted by molar-refractivity contribution is 0.227. The Bertz CT molecular complexity index is 1340. The van der Waals surface area contributed by atoms with E-state index < -0.39 is 6.10 Å². The normalized spacial score (nSPS) is 15.1. The lowest BCUT2D eigenvalue weighted by atomic mass is 9.95. The van der Waals surface area contributed by atoms with Crippen LogP contribution in [0, 0.1) is 5.82 Å². The Kier molecular flexibility index (Phi) is 5.00. The molecule has 0 aliphatic carbocycles. The van der Waals surface area contributed by atoms with E-state index in [2.05, 4.69) is 26.0 Å². The minimum atomic E-state index is -0.475. The van der Waals surface area contributed by atoms with Gasteiger partial charge in [-0.2, -0.15) is 10.2 Å². The molecular weight excluding hydrogens is 475 g/mol. The van der Waals surface area contributed by atoms with E-state index in [0.29, 0.717) is 24.3 Å². The second-order valence-electron chi connectivity index (χ2n) is 7.89. The number of nitrogens with zero attached hydrogens (tertiary/aromatic N) is 5. The first-order chi connectivity index (χ1) is 15.4. The largest absolute Gasteiger partial charge is 0.482 e. The van der Waals surface area contributed by atoms with Crippen molar-refractivity contribution in [3.05, 3.63) is 63.8 Å². The Morgan fingerprint density at radius 1 is 1.28 bits per heavy atom. The molecule has 1 aliphatic heterocycles. The summed E-state index contributed by atoms with van der Waals surface area (Å²) in [5, 5.41) is 9.40. The van der Waals surface area contributed by atoms with Gasteiger partial charge in [-0.3, -0.25) is 9.36 Å². The number of hydrogen-bond donors (Lipinski definition) is 1. The average molecular weight is 497 g/mol. The Labute approximate surface area is 193 Å². The van der Waals surface area contributed by atoms with Crippen molar-refractivity contribution < 1.29 is 9.13 Å². The summed E-state index contributed by atoms with van der Waals surface area (Å²) >= 11 is 3.65. The van der Waals surface area contributed by atoms with E-state index in [-0.39, 0.29) is 11.6 Å². The van der Waals surface area contributed by atoms with Crippen LogP contribution in [-0.4, -0.2) is 24.5 Å². The molecule has 3 aromatic heterocycles. The molecule has 1 unspecified atom stereocenters. The number of ether oxygens (including phenoxy) is 1. The standard InChI is InChI=1S/C23H22BrFN6O/c1-4-31-21-13-8-19(23(26)27-10-13)32-12(2)17-9-15(25)5-6-16(17)20-14(11-30(3)28-20)7-18(21)22(24)29-31/h5-6,8-12H,4,7H2,1-3H3,(H2,26,27). The number of halogens is 2. The van der Waals surface area contributed by atoms with Gasteiger partial charge < -0.3 is 10.5 Å². The zero-order chi connectivity index (χ0) is 22.6. The second kappa shape index (κ2) is 7.74. The molecule has 0 radical (unpaired) electrons. The zero-order valence-corrected chi connectivity index (χ0v) is 19.5. The molecule has 0 spiro atoms. The van der Waals surface area contributed by atoms with Crippen LogP contribution in [0.2, 0.25) is 0 Å². The summed E-state index contributed by atoms with van der Waals surface area (Å²) in [7, 11) is 1.88. The van der Waals surface area contributed by atoms with Crippen molar-refractivity contribution in [3.63, 3.8) is 0 Å². The highest BCUT2D eigenvalue weighted by Gasteiger charge is 2.25. The number of rotatable bonds is 1. The van der Waals surface area contributed by atoms with E-state index >= 15 is 0 Å². The SMILES string of the molecule is CCn1nc(Br)c2c1-c1cnc(N)c(c1)OC(C)c1cc(F)ccc1-c1nn(C)cc1C2. The second-order valence-corrected chi connectivity index (χ2v) is 8.64. The van der Waals surface area contributed by atoms with E-state index in [1.807, 2.05) is 37.8 Å². The summed E-state index contributed by atoms with van der Waals surface area (Å²) in [4.78, 5) is 4.37. The molecule has 4 aromatic rings. The Hall–Kier alpha value is -3.20. The van der Waals surface area contributed by atoms with Crippen LogP contribution < -0.4 is 10.5 Å². The maximum Gasteiger partial charge on any atom is 0.166 e. The summed E-state index contributed by atoms with van der Waals surface area (Å²) in [6.07, 6.45) is 3.84. The number of nitrogens with two attached hydrogens (primary N) is 1. The Morgan fingerprint density at radius 2 is 2.09 bits per heavy atom. The van der Waals surface area contributed by atoms with Gasteiger partial charge in [0, 0.05) is 60.2 Å². The van der Waals surface area contributed by atoms with E-state index in [4.69, 9.17) is 15.6 Å². The number of hydrogen-bond acceptors (Lipinski definition) is 5. The smallest absolute Gasteiger partial charge is 0.166 e. The predicted molar refractivity (Wildman–Crippen MR) is 124 cm³/mol. The molecule has 32 heavy (non-hydrogen) atoms. The highest BCUT2D eigenvalue weighted by atomic mass is 79.9. The van der Waals surface area contributed by atoms with Crippen LogP contribution in [0.1, 0.15) is 36.6 Å². The summed E-state index contributed by atoms with van der Waals surface area (Å²) < 4.78 is 25.0. The fraction of sp³-hybridized carbons (Fsp3) is 0.261. The molecule has 0 fully saturated rings. The van der Waals surface area contributed by atoms with Gasteiger partial charge in [0.2, 0.25) is 0 Å². The van der Waals surface area contributed by atoms with Crippen molar-refractivity contribution in [1.82, 2.24) is 24.5 Å².